The van der Waals surface area contributed by atoms with Gasteiger partial charge < -0.3 is 14.4 Å². The lowest BCUT2D eigenvalue weighted by Gasteiger charge is -2.16. The minimum atomic E-state index is -0.720. The summed E-state index contributed by atoms with van der Waals surface area (Å²) in [6, 6.07) is 16.8. The Hall–Kier alpha value is -2.83. The molecule has 1 N–H and O–H groups in total. The number of rotatable bonds is 10. The van der Waals surface area contributed by atoms with Crippen LogP contribution in [0.15, 0.2) is 70.4 Å². The predicted octanol–water partition coefficient (Wildman–Crippen LogP) is 6.08. The molecule has 0 bridgehead atoms. The zero-order chi connectivity index (χ0) is 24.0. The number of hydrogen-bond donors (Lipinski definition) is 1. The Balaban J connectivity index is 0.000000469. The fourth-order valence-corrected chi connectivity index (χ4v) is 4.21. The summed E-state index contributed by atoms with van der Waals surface area (Å²) in [6.45, 7) is 1.76. The molecule has 1 unspecified atom stereocenters. The molecule has 0 spiro atoms. The number of hydrogen-bond acceptors (Lipinski definition) is 6. The second-order valence-electron chi connectivity index (χ2n) is 8.99. The number of aliphatic hydroxyl groups excluding tert-OH is 1. The standard InChI is InChI=1S/C22H25N3O3.C6H12/c1-25(16-18-7-5-6-17(14-18)11-13-26)12-10-20-15-23-22(28-20)21(24-27)19-8-3-2-4-9-19;1-2-4-6-5-3-1/h2-9,14-15,21,26H,10-13,16H2,1H3;1-6H2. The Morgan fingerprint density at radius 2 is 1.65 bits per heavy atom. The van der Waals surface area contributed by atoms with Crippen LogP contribution in [0.1, 0.15) is 72.9 Å². The first-order valence-electron chi connectivity index (χ1n) is 12.4. The third-order valence-electron chi connectivity index (χ3n) is 6.11. The van der Waals surface area contributed by atoms with Crippen molar-refractivity contribution < 1.29 is 9.52 Å². The summed E-state index contributed by atoms with van der Waals surface area (Å²) >= 11 is 0. The number of nitrogens with zero attached hydrogens (tertiary/aromatic N) is 3. The zero-order valence-corrected chi connectivity index (χ0v) is 20.2. The van der Waals surface area contributed by atoms with Crippen LogP contribution in [-0.4, -0.2) is 35.2 Å². The summed E-state index contributed by atoms with van der Waals surface area (Å²) in [7, 11) is 2.05. The van der Waals surface area contributed by atoms with Gasteiger partial charge in [0.25, 0.3) is 0 Å². The van der Waals surface area contributed by atoms with Crippen molar-refractivity contribution in [2.45, 2.75) is 64.0 Å². The molecule has 0 amide bonds. The van der Waals surface area contributed by atoms with Crippen LogP contribution in [0, 0.1) is 4.91 Å². The average molecular weight is 464 g/mol. The van der Waals surface area contributed by atoms with Gasteiger partial charge in [-0.15, -0.1) is 4.91 Å². The molecular formula is C28H37N3O3. The Bertz CT molecular complexity index is 958. The smallest absolute Gasteiger partial charge is 0.227 e. The summed E-state index contributed by atoms with van der Waals surface area (Å²) in [5.41, 5.74) is 3.12. The molecule has 4 rings (SSSR count). The molecule has 6 heteroatoms. The Labute approximate surface area is 203 Å². The average Bonchev–Trinajstić information content (AvgIpc) is 3.34. The molecule has 34 heavy (non-hydrogen) atoms. The third kappa shape index (κ3) is 8.50. The topological polar surface area (TPSA) is 78.9 Å². The van der Waals surface area contributed by atoms with Crippen LogP contribution in [-0.2, 0) is 19.4 Å². The second-order valence-corrected chi connectivity index (χ2v) is 8.99. The molecule has 1 saturated carbocycles. The van der Waals surface area contributed by atoms with E-state index in [0.717, 1.165) is 30.0 Å². The van der Waals surface area contributed by atoms with Gasteiger partial charge in [0.2, 0.25) is 5.89 Å². The van der Waals surface area contributed by atoms with Crippen molar-refractivity contribution in [2.75, 3.05) is 20.2 Å². The molecule has 6 nitrogen and oxygen atoms in total. The highest BCUT2D eigenvalue weighted by atomic mass is 16.4. The molecule has 0 radical (unpaired) electrons. The van der Waals surface area contributed by atoms with Gasteiger partial charge in [-0.2, -0.15) is 0 Å². The van der Waals surface area contributed by atoms with E-state index in [4.69, 9.17) is 9.52 Å². The largest absolute Gasteiger partial charge is 0.443 e. The number of likely N-dealkylation sites (N-methyl/N-ethyl adjacent to an activating group) is 1. The predicted molar refractivity (Wildman–Crippen MR) is 136 cm³/mol. The lowest BCUT2D eigenvalue weighted by atomic mass is 10.0. The van der Waals surface area contributed by atoms with Crippen molar-refractivity contribution in [3.8, 4) is 0 Å². The van der Waals surface area contributed by atoms with Crippen molar-refractivity contribution in [1.82, 2.24) is 9.88 Å². The molecule has 1 atom stereocenters. The number of nitroso groups, excluding NO2 is 1. The minimum absolute atomic E-state index is 0.159. The van der Waals surface area contributed by atoms with Gasteiger partial charge in [-0.3, -0.25) is 0 Å². The van der Waals surface area contributed by atoms with E-state index >= 15 is 0 Å². The second kappa shape index (κ2) is 14.4. The summed E-state index contributed by atoms with van der Waals surface area (Å²) in [4.78, 5) is 17.7. The van der Waals surface area contributed by atoms with Crippen LogP contribution in [0.4, 0.5) is 0 Å². The maximum atomic E-state index is 11.3. The lowest BCUT2D eigenvalue weighted by Crippen LogP contribution is -2.20. The van der Waals surface area contributed by atoms with E-state index in [1.807, 2.05) is 42.5 Å². The van der Waals surface area contributed by atoms with Gasteiger partial charge >= 0.3 is 0 Å². The van der Waals surface area contributed by atoms with Gasteiger partial charge in [-0.05, 0) is 30.2 Å². The summed E-state index contributed by atoms with van der Waals surface area (Å²) in [6.07, 6.45) is 12.0. The fourth-order valence-electron chi connectivity index (χ4n) is 4.21. The maximum absolute atomic E-state index is 11.3. The molecule has 3 aromatic rings. The van der Waals surface area contributed by atoms with Crippen LogP contribution in [0.25, 0.3) is 0 Å². The van der Waals surface area contributed by atoms with Crippen LogP contribution in [0.3, 0.4) is 0 Å². The van der Waals surface area contributed by atoms with E-state index < -0.39 is 6.04 Å². The lowest BCUT2D eigenvalue weighted by molar-refractivity contribution is 0.299. The van der Waals surface area contributed by atoms with E-state index in [1.54, 1.807) is 6.20 Å². The van der Waals surface area contributed by atoms with Crippen molar-refractivity contribution in [3.05, 3.63) is 94.0 Å². The van der Waals surface area contributed by atoms with Gasteiger partial charge in [0.05, 0.1) is 6.20 Å². The Morgan fingerprint density at radius 1 is 0.971 bits per heavy atom. The first-order chi connectivity index (χ1) is 16.7. The van der Waals surface area contributed by atoms with Gasteiger partial charge in [0.15, 0.2) is 6.04 Å². The zero-order valence-electron chi connectivity index (χ0n) is 20.2. The number of benzene rings is 2. The number of aromatic nitrogens is 1. The molecule has 1 aromatic heterocycles. The van der Waals surface area contributed by atoms with E-state index in [2.05, 4.69) is 34.2 Å². The molecule has 1 heterocycles. The van der Waals surface area contributed by atoms with Crippen molar-refractivity contribution in [2.24, 2.45) is 5.18 Å². The van der Waals surface area contributed by atoms with Crippen LogP contribution < -0.4 is 0 Å². The van der Waals surface area contributed by atoms with E-state index in [0.29, 0.717) is 18.7 Å². The van der Waals surface area contributed by atoms with E-state index in [9.17, 15) is 4.91 Å². The van der Waals surface area contributed by atoms with Gasteiger partial charge in [0, 0.05) is 26.1 Å². The van der Waals surface area contributed by atoms with Crippen LogP contribution in [0.2, 0.25) is 0 Å². The fraction of sp³-hybridized carbons (Fsp3) is 0.464. The van der Waals surface area contributed by atoms with Crippen molar-refractivity contribution >= 4 is 0 Å². The molecule has 0 saturated heterocycles. The first kappa shape index (κ1) is 25.8. The molecule has 1 aliphatic rings. The van der Waals surface area contributed by atoms with Gasteiger partial charge in [-0.25, -0.2) is 4.98 Å². The Morgan fingerprint density at radius 3 is 2.29 bits per heavy atom. The number of oxazole rings is 1. The quantitative estimate of drug-likeness (QED) is 0.369. The normalized spacial score (nSPS) is 14.3. The maximum Gasteiger partial charge on any atom is 0.227 e. The highest BCUT2D eigenvalue weighted by Crippen LogP contribution is 2.25. The van der Waals surface area contributed by atoms with Crippen molar-refractivity contribution in [3.63, 3.8) is 0 Å². The van der Waals surface area contributed by atoms with Crippen LogP contribution in [0.5, 0.6) is 0 Å². The summed E-state index contributed by atoms with van der Waals surface area (Å²) in [5.74, 6) is 1.07. The van der Waals surface area contributed by atoms with Gasteiger partial charge in [0.1, 0.15) is 5.76 Å². The molecule has 2 aromatic carbocycles. The monoisotopic (exact) mass is 463 g/mol. The van der Waals surface area contributed by atoms with Crippen molar-refractivity contribution in [1.29, 1.82) is 0 Å². The summed E-state index contributed by atoms with van der Waals surface area (Å²) in [5, 5.41) is 12.3. The molecular weight excluding hydrogens is 426 g/mol. The first-order valence-corrected chi connectivity index (χ1v) is 12.4. The van der Waals surface area contributed by atoms with E-state index in [-0.39, 0.29) is 6.61 Å². The minimum Gasteiger partial charge on any atom is -0.443 e. The third-order valence-corrected chi connectivity index (χ3v) is 6.11. The SMILES string of the molecule is C1CCCCC1.CN(CCc1cnc(C(N=O)c2ccccc2)o1)Cc1cccc(CCO)c1. The number of aliphatic hydroxyl groups is 1. The molecule has 1 fully saturated rings. The highest BCUT2D eigenvalue weighted by molar-refractivity contribution is 5.25. The molecule has 182 valence electrons. The van der Waals surface area contributed by atoms with Crippen LogP contribution >= 0.6 is 0 Å². The highest BCUT2D eigenvalue weighted by Gasteiger charge is 2.20. The molecule has 1 aliphatic carbocycles. The Kier molecular flexibility index (Phi) is 10.9. The summed E-state index contributed by atoms with van der Waals surface area (Å²) < 4.78 is 5.78. The van der Waals surface area contributed by atoms with Gasteiger partial charge in [-0.1, -0.05) is 98.3 Å². The van der Waals surface area contributed by atoms with E-state index in [1.165, 1.54) is 44.1 Å². The molecule has 0 aliphatic heterocycles.